The van der Waals surface area contributed by atoms with E-state index < -0.39 is 10.0 Å². The number of carbonyl (C=O) groups is 1. The average Bonchev–Trinajstić information content (AvgIpc) is 3.37. The first-order chi connectivity index (χ1) is 16.9. The highest BCUT2D eigenvalue weighted by molar-refractivity contribution is 7.89. The van der Waals surface area contributed by atoms with Crippen molar-refractivity contribution in [1.82, 2.24) is 14.6 Å². The minimum absolute atomic E-state index is 0.00208. The molecule has 0 spiro atoms. The number of amides is 1. The molecule has 1 aliphatic carbocycles. The van der Waals surface area contributed by atoms with Crippen LogP contribution in [-0.4, -0.2) is 69.2 Å². The Hall–Kier alpha value is -2.40. The fourth-order valence-electron chi connectivity index (χ4n) is 4.82. The molecule has 2 aromatic rings. The third-order valence-electron chi connectivity index (χ3n) is 6.74. The first kappa shape index (κ1) is 24.3. The van der Waals surface area contributed by atoms with Crippen LogP contribution in [0.5, 0.6) is 5.75 Å². The summed E-state index contributed by atoms with van der Waals surface area (Å²) in [6.45, 7) is 2.38. The smallest absolute Gasteiger partial charge is 0.249 e. The van der Waals surface area contributed by atoms with Crippen LogP contribution in [0, 0.1) is 0 Å². The Bertz CT molecular complexity index is 1170. The Balaban J connectivity index is 1.20. The molecule has 3 fully saturated rings. The minimum Gasteiger partial charge on any atom is -0.490 e. The summed E-state index contributed by atoms with van der Waals surface area (Å²) in [6.07, 6.45) is 6.18. The van der Waals surface area contributed by atoms with Gasteiger partial charge in [0.25, 0.3) is 0 Å². The second-order valence-corrected chi connectivity index (χ2v) is 11.3. The van der Waals surface area contributed by atoms with Gasteiger partial charge in [0.15, 0.2) is 0 Å². The van der Waals surface area contributed by atoms with E-state index in [4.69, 9.17) is 21.1 Å². The molecule has 35 heavy (non-hydrogen) atoms. The Morgan fingerprint density at radius 3 is 2.69 bits per heavy atom. The van der Waals surface area contributed by atoms with Crippen LogP contribution in [0.1, 0.15) is 31.2 Å². The SMILES string of the molecule is O=C1COCC2CN(c3ncc(S(=O)(=O)NCc4ccc(OC5CCCC5)cc4)cc3Cl)CCN12. The molecule has 3 aliphatic rings. The van der Waals surface area contributed by atoms with Gasteiger partial charge in [-0.1, -0.05) is 23.7 Å². The quantitative estimate of drug-likeness (QED) is 0.598. The second kappa shape index (κ2) is 10.3. The van der Waals surface area contributed by atoms with Crippen LogP contribution in [0.25, 0.3) is 0 Å². The Labute approximate surface area is 210 Å². The molecule has 188 valence electrons. The molecule has 0 bridgehead atoms. The number of halogens is 1. The van der Waals surface area contributed by atoms with E-state index in [2.05, 4.69) is 9.71 Å². The number of carbonyl (C=O) groups excluding carboxylic acids is 1. The molecule has 1 saturated carbocycles. The zero-order chi connectivity index (χ0) is 24.4. The van der Waals surface area contributed by atoms with E-state index in [-0.39, 0.29) is 41.1 Å². The molecule has 11 heteroatoms. The maximum Gasteiger partial charge on any atom is 0.249 e. The van der Waals surface area contributed by atoms with Crippen molar-refractivity contribution in [2.24, 2.45) is 0 Å². The number of ether oxygens (including phenoxy) is 2. The Morgan fingerprint density at radius 1 is 1.17 bits per heavy atom. The van der Waals surface area contributed by atoms with Gasteiger partial charge in [0.1, 0.15) is 23.1 Å². The molecule has 2 aliphatic heterocycles. The van der Waals surface area contributed by atoms with E-state index in [9.17, 15) is 13.2 Å². The number of aromatic nitrogens is 1. The van der Waals surface area contributed by atoms with Gasteiger partial charge in [-0.15, -0.1) is 0 Å². The zero-order valence-corrected chi connectivity index (χ0v) is 20.9. The minimum atomic E-state index is -3.80. The largest absolute Gasteiger partial charge is 0.490 e. The van der Waals surface area contributed by atoms with E-state index in [1.165, 1.54) is 25.1 Å². The van der Waals surface area contributed by atoms with Crippen LogP contribution in [-0.2, 0) is 26.1 Å². The molecular formula is C24H29ClN4O5S. The molecule has 1 unspecified atom stereocenters. The maximum atomic E-state index is 12.9. The molecule has 5 rings (SSSR count). The van der Waals surface area contributed by atoms with E-state index in [1.807, 2.05) is 34.1 Å². The van der Waals surface area contributed by atoms with Crippen LogP contribution < -0.4 is 14.4 Å². The number of hydrogen-bond acceptors (Lipinski definition) is 7. The van der Waals surface area contributed by atoms with Gasteiger partial charge in [0.05, 0.1) is 23.8 Å². The van der Waals surface area contributed by atoms with Gasteiger partial charge in [-0.2, -0.15) is 0 Å². The first-order valence-electron chi connectivity index (χ1n) is 11.9. The molecule has 1 amide bonds. The van der Waals surface area contributed by atoms with Crippen molar-refractivity contribution in [2.45, 2.75) is 49.3 Å². The summed E-state index contributed by atoms with van der Waals surface area (Å²) in [7, 11) is -3.80. The maximum absolute atomic E-state index is 12.9. The van der Waals surface area contributed by atoms with Crippen LogP contribution >= 0.6 is 11.6 Å². The van der Waals surface area contributed by atoms with Gasteiger partial charge >= 0.3 is 0 Å². The number of rotatable bonds is 7. The van der Waals surface area contributed by atoms with Crippen LogP contribution in [0.4, 0.5) is 5.82 Å². The summed E-state index contributed by atoms with van der Waals surface area (Å²) in [5.74, 6) is 1.30. The predicted molar refractivity (Wildman–Crippen MR) is 131 cm³/mol. The summed E-state index contributed by atoms with van der Waals surface area (Å²) < 4.78 is 39.7. The van der Waals surface area contributed by atoms with Crippen molar-refractivity contribution in [2.75, 3.05) is 37.7 Å². The van der Waals surface area contributed by atoms with Crippen molar-refractivity contribution >= 4 is 33.3 Å². The third-order valence-corrected chi connectivity index (χ3v) is 8.39. The second-order valence-electron chi connectivity index (χ2n) is 9.17. The summed E-state index contributed by atoms with van der Waals surface area (Å²) in [5.41, 5.74) is 0.824. The van der Waals surface area contributed by atoms with Gasteiger partial charge in [-0.3, -0.25) is 4.79 Å². The number of nitrogens with zero attached hydrogens (tertiary/aromatic N) is 3. The van der Waals surface area contributed by atoms with Crippen molar-refractivity contribution in [1.29, 1.82) is 0 Å². The number of sulfonamides is 1. The van der Waals surface area contributed by atoms with Crippen molar-refractivity contribution in [3.05, 3.63) is 47.1 Å². The van der Waals surface area contributed by atoms with E-state index in [0.717, 1.165) is 24.2 Å². The van der Waals surface area contributed by atoms with Gasteiger partial charge in [-0.05, 0) is 49.4 Å². The number of piperazine rings is 1. The number of morpholine rings is 1. The predicted octanol–water partition coefficient (Wildman–Crippen LogP) is 2.58. The monoisotopic (exact) mass is 520 g/mol. The van der Waals surface area contributed by atoms with Crippen molar-refractivity contribution in [3.8, 4) is 5.75 Å². The number of nitrogens with one attached hydrogen (secondary N) is 1. The molecule has 2 saturated heterocycles. The van der Waals surface area contributed by atoms with E-state index in [0.29, 0.717) is 32.1 Å². The topological polar surface area (TPSA) is 101 Å². The lowest BCUT2D eigenvalue weighted by atomic mass is 10.1. The number of benzene rings is 1. The molecule has 1 atom stereocenters. The normalized spacial score (nSPS) is 21.3. The molecule has 1 N–H and O–H groups in total. The third kappa shape index (κ3) is 5.55. The molecular weight excluding hydrogens is 492 g/mol. The van der Waals surface area contributed by atoms with Crippen LogP contribution in [0.3, 0.4) is 0 Å². The lowest BCUT2D eigenvalue weighted by Gasteiger charge is -2.44. The van der Waals surface area contributed by atoms with Gasteiger partial charge < -0.3 is 19.3 Å². The van der Waals surface area contributed by atoms with Crippen LogP contribution in [0.2, 0.25) is 5.02 Å². The molecule has 9 nitrogen and oxygen atoms in total. The highest BCUT2D eigenvalue weighted by atomic mass is 35.5. The van der Waals surface area contributed by atoms with Gasteiger partial charge in [0, 0.05) is 32.4 Å². The number of pyridine rings is 1. The Kier molecular flexibility index (Phi) is 7.15. The number of hydrogen-bond donors (Lipinski definition) is 1. The van der Waals surface area contributed by atoms with Crippen LogP contribution in [0.15, 0.2) is 41.4 Å². The average molecular weight is 521 g/mol. The van der Waals surface area contributed by atoms with Crippen molar-refractivity contribution < 1.29 is 22.7 Å². The summed E-state index contributed by atoms with van der Waals surface area (Å²) in [5, 5.41) is 0.248. The fraction of sp³-hybridized carbons (Fsp3) is 0.500. The van der Waals surface area contributed by atoms with E-state index in [1.54, 1.807) is 0 Å². The van der Waals surface area contributed by atoms with Gasteiger partial charge in [-0.25, -0.2) is 18.1 Å². The van der Waals surface area contributed by atoms with Crippen molar-refractivity contribution in [3.63, 3.8) is 0 Å². The Morgan fingerprint density at radius 2 is 1.94 bits per heavy atom. The molecule has 0 radical (unpaired) electrons. The zero-order valence-electron chi connectivity index (χ0n) is 19.4. The first-order valence-corrected chi connectivity index (χ1v) is 13.8. The molecule has 1 aromatic carbocycles. The van der Waals surface area contributed by atoms with E-state index >= 15 is 0 Å². The highest BCUT2D eigenvalue weighted by Gasteiger charge is 2.35. The molecule has 1 aromatic heterocycles. The summed E-state index contributed by atoms with van der Waals surface area (Å²) in [4.78, 5) is 20.1. The fourth-order valence-corrected chi connectivity index (χ4v) is 6.16. The number of anilines is 1. The standard InChI is InChI=1S/C24H29ClN4O5S/c25-22-11-21(13-26-24(22)28-9-10-29-18(14-28)15-33-16-23(29)30)35(31,32)27-12-17-5-7-20(8-6-17)34-19-3-1-2-4-19/h5-8,11,13,18-19,27H,1-4,9-10,12,14-16H2. The summed E-state index contributed by atoms with van der Waals surface area (Å²) >= 11 is 6.45. The van der Waals surface area contributed by atoms with Gasteiger partial charge in [0.2, 0.25) is 15.9 Å². The number of fused-ring (bicyclic) bond motifs is 1. The highest BCUT2D eigenvalue weighted by Crippen LogP contribution is 2.29. The molecule has 3 heterocycles. The lowest BCUT2D eigenvalue weighted by molar-refractivity contribution is -0.148. The summed E-state index contributed by atoms with van der Waals surface area (Å²) in [6, 6.07) is 8.82. The lowest BCUT2D eigenvalue weighted by Crippen LogP contribution is -2.60.